The highest BCUT2D eigenvalue weighted by molar-refractivity contribution is 5.95. The van der Waals surface area contributed by atoms with Crippen molar-refractivity contribution in [2.45, 2.75) is 13.8 Å². The number of anilines is 3. The molecule has 3 amide bonds. The van der Waals surface area contributed by atoms with Crippen LogP contribution in [-0.4, -0.2) is 42.3 Å². The van der Waals surface area contributed by atoms with Gasteiger partial charge in [-0.2, -0.15) is 0 Å². The Balaban J connectivity index is 1.84. The highest BCUT2D eigenvalue weighted by atomic mass is 19.1. The fourth-order valence-corrected chi connectivity index (χ4v) is 2.49. The second-order valence-corrected chi connectivity index (χ2v) is 6.17. The number of rotatable bonds is 8. The van der Waals surface area contributed by atoms with E-state index >= 15 is 0 Å². The molecular weight excluding hydrogens is 363 g/mol. The minimum absolute atomic E-state index is 0.00189. The first-order chi connectivity index (χ1) is 13.4. The van der Waals surface area contributed by atoms with Gasteiger partial charge in [-0.25, -0.2) is 4.39 Å². The first-order valence-electron chi connectivity index (χ1n) is 8.81. The van der Waals surface area contributed by atoms with Crippen LogP contribution in [0.1, 0.15) is 13.8 Å². The highest BCUT2D eigenvalue weighted by Crippen LogP contribution is 2.13. The van der Waals surface area contributed by atoms with E-state index in [0.29, 0.717) is 23.6 Å². The standard InChI is InChI=1S/C20H23FN4O3/c1-3-25(13-20(28)24-18-6-4-5-15(21)11-18)12-19(27)23-17-9-7-16(8-10-17)22-14(2)26/h4-11H,3,12-13H2,1-2H3,(H,22,26)(H,23,27)(H,24,28). The second-order valence-electron chi connectivity index (χ2n) is 6.17. The minimum atomic E-state index is -0.436. The van der Waals surface area contributed by atoms with Gasteiger partial charge in [-0.15, -0.1) is 0 Å². The summed E-state index contributed by atoms with van der Waals surface area (Å²) in [6.07, 6.45) is 0. The monoisotopic (exact) mass is 386 g/mol. The molecular formula is C20H23FN4O3. The molecule has 0 aromatic heterocycles. The Morgan fingerprint density at radius 2 is 1.39 bits per heavy atom. The van der Waals surface area contributed by atoms with E-state index in [1.165, 1.54) is 25.1 Å². The van der Waals surface area contributed by atoms with E-state index < -0.39 is 5.82 Å². The first-order valence-corrected chi connectivity index (χ1v) is 8.81. The van der Waals surface area contributed by atoms with Crippen molar-refractivity contribution in [2.24, 2.45) is 0 Å². The average Bonchev–Trinajstić information content (AvgIpc) is 2.62. The quantitative estimate of drug-likeness (QED) is 0.651. The molecule has 0 aliphatic heterocycles. The van der Waals surface area contributed by atoms with Gasteiger partial charge in [-0.05, 0) is 49.0 Å². The van der Waals surface area contributed by atoms with Gasteiger partial charge in [-0.1, -0.05) is 13.0 Å². The molecule has 0 aliphatic carbocycles. The predicted octanol–water partition coefficient (Wildman–Crippen LogP) is 2.68. The van der Waals surface area contributed by atoms with Gasteiger partial charge < -0.3 is 16.0 Å². The van der Waals surface area contributed by atoms with E-state index in [1.807, 2.05) is 6.92 Å². The Kier molecular flexibility index (Phi) is 7.65. The summed E-state index contributed by atoms with van der Waals surface area (Å²) in [4.78, 5) is 37.0. The second kappa shape index (κ2) is 10.2. The average molecular weight is 386 g/mol. The van der Waals surface area contributed by atoms with E-state index in [-0.39, 0.29) is 30.8 Å². The van der Waals surface area contributed by atoms with E-state index in [1.54, 1.807) is 35.2 Å². The van der Waals surface area contributed by atoms with Gasteiger partial charge >= 0.3 is 0 Å². The molecule has 0 saturated carbocycles. The molecule has 0 aliphatic rings. The molecule has 0 bridgehead atoms. The van der Waals surface area contributed by atoms with Crippen molar-refractivity contribution in [1.29, 1.82) is 0 Å². The number of nitrogens with zero attached hydrogens (tertiary/aromatic N) is 1. The number of carbonyl (C=O) groups is 3. The van der Waals surface area contributed by atoms with Gasteiger partial charge in [0.05, 0.1) is 13.1 Å². The minimum Gasteiger partial charge on any atom is -0.326 e. The normalized spacial score (nSPS) is 10.4. The van der Waals surface area contributed by atoms with Crippen LogP contribution in [0.25, 0.3) is 0 Å². The Bertz CT molecular complexity index is 840. The summed E-state index contributed by atoms with van der Waals surface area (Å²) in [6, 6.07) is 12.3. The number of amides is 3. The summed E-state index contributed by atoms with van der Waals surface area (Å²) in [6.45, 7) is 3.78. The van der Waals surface area contributed by atoms with Crippen LogP contribution < -0.4 is 16.0 Å². The fourth-order valence-electron chi connectivity index (χ4n) is 2.49. The largest absolute Gasteiger partial charge is 0.326 e. The van der Waals surface area contributed by atoms with Crippen LogP contribution in [0.15, 0.2) is 48.5 Å². The van der Waals surface area contributed by atoms with Gasteiger partial charge in [0.1, 0.15) is 5.82 Å². The summed E-state index contributed by atoms with van der Waals surface area (Å²) >= 11 is 0. The summed E-state index contributed by atoms with van der Waals surface area (Å²) in [7, 11) is 0. The van der Waals surface area contributed by atoms with Crippen LogP contribution in [0.3, 0.4) is 0 Å². The third-order valence-electron chi connectivity index (χ3n) is 3.78. The van der Waals surface area contributed by atoms with Gasteiger partial charge in [0.2, 0.25) is 17.7 Å². The van der Waals surface area contributed by atoms with Gasteiger partial charge in [-0.3, -0.25) is 19.3 Å². The van der Waals surface area contributed by atoms with Crippen molar-refractivity contribution in [3.05, 3.63) is 54.3 Å². The summed E-state index contributed by atoms with van der Waals surface area (Å²) < 4.78 is 13.2. The molecule has 7 nitrogen and oxygen atoms in total. The molecule has 2 aromatic rings. The molecule has 0 unspecified atom stereocenters. The van der Waals surface area contributed by atoms with Crippen LogP contribution >= 0.6 is 0 Å². The summed E-state index contributed by atoms with van der Waals surface area (Å²) in [5.41, 5.74) is 1.58. The molecule has 0 heterocycles. The third-order valence-corrected chi connectivity index (χ3v) is 3.78. The Morgan fingerprint density at radius 1 is 0.857 bits per heavy atom. The molecule has 3 N–H and O–H groups in total. The van der Waals surface area contributed by atoms with Gasteiger partial charge in [0.15, 0.2) is 0 Å². The fraction of sp³-hybridized carbons (Fsp3) is 0.250. The van der Waals surface area contributed by atoms with Crippen molar-refractivity contribution in [1.82, 2.24) is 4.90 Å². The Labute approximate surface area is 162 Å². The number of halogens is 1. The number of nitrogens with one attached hydrogen (secondary N) is 3. The predicted molar refractivity (Wildman–Crippen MR) is 107 cm³/mol. The maximum atomic E-state index is 13.2. The molecule has 28 heavy (non-hydrogen) atoms. The summed E-state index contributed by atoms with van der Waals surface area (Å²) in [5, 5.41) is 7.99. The molecule has 0 fully saturated rings. The smallest absolute Gasteiger partial charge is 0.238 e. The van der Waals surface area contributed by atoms with E-state index in [4.69, 9.17) is 0 Å². The molecule has 2 aromatic carbocycles. The van der Waals surface area contributed by atoms with E-state index in [9.17, 15) is 18.8 Å². The van der Waals surface area contributed by atoms with Crippen LogP contribution in [0.2, 0.25) is 0 Å². The van der Waals surface area contributed by atoms with Gasteiger partial charge in [0.25, 0.3) is 0 Å². The topological polar surface area (TPSA) is 90.5 Å². The maximum Gasteiger partial charge on any atom is 0.238 e. The van der Waals surface area contributed by atoms with Crippen molar-refractivity contribution in [3.8, 4) is 0 Å². The molecule has 0 spiro atoms. The van der Waals surface area contributed by atoms with Crippen LogP contribution in [0.5, 0.6) is 0 Å². The van der Waals surface area contributed by atoms with Crippen molar-refractivity contribution in [3.63, 3.8) is 0 Å². The Morgan fingerprint density at radius 3 is 1.89 bits per heavy atom. The highest BCUT2D eigenvalue weighted by Gasteiger charge is 2.14. The van der Waals surface area contributed by atoms with E-state index in [2.05, 4.69) is 16.0 Å². The lowest BCUT2D eigenvalue weighted by atomic mass is 10.2. The zero-order valence-corrected chi connectivity index (χ0v) is 15.8. The molecule has 0 saturated heterocycles. The number of likely N-dealkylation sites (N-methyl/N-ethyl adjacent to an activating group) is 1. The lowest BCUT2D eigenvalue weighted by molar-refractivity contribution is -0.120. The van der Waals surface area contributed by atoms with Crippen molar-refractivity contribution < 1.29 is 18.8 Å². The number of hydrogen-bond donors (Lipinski definition) is 3. The molecule has 0 radical (unpaired) electrons. The Hall–Kier alpha value is -3.26. The maximum absolute atomic E-state index is 13.2. The first kappa shape index (κ1) is 21.0. The molecule has 148 valence electrons. The lowest BCUT2D eigenvalue weighted by Crippen LogP contribution is -2.38. The number of carbonyl (C=O) groups excluding carboxylic acids is 3. The van der Waals surface area contributed by atoms with Crippen LogP contribution in [-0.2, 0) is 14.4 Å². The van der Waals surface area contributed by atoms with Crippen molar-refractivity contribution in [2.75, 3.05) is 35.6 Å². The zero-order valence-electron chi connectivity index (χ0n) is 15.8. The number of hydrogen-bond acceptors (Lipinski definition) is 4. The summed E-state index contributed by atoms with van der Waals surface area (Å²) in [5.74, 6) is -1.21. The van der Waals surface area contributed by atoms with E-state index in [0.717, 1.165) is 0 Å². The van der Waals surface area contributed by atoms with Crippen molar-refractivity contribution >= 4 is 34.8 Å². The SMILES string of the molecule is CCN(CC(=O)Nc1ccc(NC(C)=O)cc1)CC(=O)Nc1cccc(F)c1. The third kappa shape index (κ3) is 7.16. The van der Waals surface area contributed by atoms with Gasteiger partial charge in [0, 0.05) is 24.0 Å². The zero-order chi connectivity index (χ0) is 20.5. The lowest BCUT2D eigenvalue weighted by Gasteiger charge is -2.19. The van der Waals surface area contributed by atoms with Crippen LogP contribution in [0.4, 0.5) is 21.5 Å². The molecule has 2 rings (SSSR count). The van der Waals surface area contributed by atoms with Crippen LogP contribution in [0, 0.1) is 5.82 Å². The number of benzene rings is 2. The molecule has 8 heteroatoms. The molecule has 0 atom stereocenters.